The molecule has 0 saturated heterocycles. The fourth-order valence-electron chi connectivity index (χ4n) is 2.07. The number of aryl methyl sites for hydroxylation is 1. The second kappa shape index (κ2) is 3.73. The van der Waals surface area contributed by atoms with Crippen molar-refractivity contribution in [1.29, 1.82) is 0 Å². The molecule has 0 atom stereocenters. The number of nitrogens with zero attached hydrogens (tertiary/aromatic N) is 3. The van der Waals surface area contributed by atoms with Gasteiger partial charge in [-0.2, -0.15) is 5.10 Å². The summed E-state index contributed by atoms with van der Waals surface area (Å²) in [5, 5.41) is 13.5. The van der Waals surface area contributed by atoms with Gasteiger partial charge in [0.2, 0.25) is 0 Å². The van der Waals surface area contributed by atoms with Gasteiger partial charge in [0.15, 0.2) is 0 Å². The average molecular weight is 241 g/mol. The molecule has 3 aromatic rings. The molecule has 0 fully saturated rings. The molecule has 90 valence electrons. The van der Waals surface area contributed by atoms with E-state index in [1.54, 1.807) is 16.8 Å². The number of carboxylic acids is 1. The maximum absolute atomic E-state index is 11.2. The summed E-state index contributed by atoms with van der Waals surface area (Å²) < 4.78 is 3.53. The van der Waals surface area contributed by atoms with Gasteiger partial charge in [-0.25, -0.2) is 4.79 Å². The molecule has 1 N–H and O–H groups in total. The summed E-state index contributed by atoms with van der Waals surface area (Å²) in [6, 6.07) is 8.99. The van der Waals surface area contributed by atoms with Gasteiger partial charge in [0, 0.05) is 19.4 Å². The van der Waals surface area contributed by atoms with Crippen LogP contribution in [0.5, 0.6) is 0 Å². The third-order valence-electron chi connectivity index (χ3n) is 2.88. The summed E-state index contributed by atoms with van der Waals surface area (Å²) in [6.45, 7) is 0. The van der Waals surface area contributed by atoms with E-state index < -0.39 is 5.97 Å². The number of pyridine rings is 1. The molecule has 0 aromatic carbocycles. The van der Waals surface area contributed by atoms with E-state index in [4.69, 9.17) is 0 Å². The molecule has 3 heterocycles. The van der Waals surface area contributed by atoms with Gasteiger partial charge in [0.05, 0.1) is 16.8 Å². The quantitative estimate of drug-likeness (QED) is 0.746. The van der Waals surface area contributed by atoms with Crippen LogP contribution >= 0.6 is 0 Å². The lowest BCUT2D eigenvalue weighted by Gasteiger charge is -1.98. The van der Waals surface area contributed by atoms with E-state index in [0.29, 0.717) is 5.52 Å². The van der Waals surface area contributed by atoms with Crippen LogP contribution in [0.25, 0.3) is 16.9 Å². The van der Waals surface area contributed by atoms with Crippen molar-refractivity contribution >= 4 is 11.5 Å². The molecule has 5 heteroatoms. The SMILES string of the molecule is Cn1ccc(-c2cc(C(=O)O)c3ccccn23)n1. The topological polar surface area (TPSA) is 59.5 Å². The van der Waals surface area contributed by atoms with E-state index in [9.17, 15) is 9.90 Å². The normalized spacial score (nSPS) is 10.9. The molecule has 0 aliphatic carbocycles. The zero-order valence-electron chi connectivity index (χ0n) is 9.74. The molecular formula is C13H11N3O2. The molecule has 18 heavy (non-hydrogen) atoms. The van der Waals surface area contributed by atoms with Crippen LogP contribution in [0.2, 0.25) is 0 Å². The first-order valence-corrected chi connectivity index (χ1v) is 5.50. The summed E-state index contributed by atoms with van der Waals surface area (Å²) >= 11 is 0. The van der Waals surface area contributed by atoms with Crippen LogP contribution in [-0.2, 0) is 7.05 Å². The highest BCUT2D eigenvalue weighted by Gasteiger charge is 2.16. The van der Waals surface area contributed by atoms with Crippen molar-refractivity contribution in [3.63, 3.8) is 0 Å². The number of aromatic carboxylic acids is 1. The van der Waals surface area contributed by atoms with Crippen LogP contribution in [0.15, 0.2) is 42.7 Å². The molecule has 0 saturated carbocycles. The van der Waals surface area contributed by atoms with Crippen molar-refractivity contribution < 1.29 is 9.90 Å². The molecular weight excluding hydrogens is 230 g/mol. The molecule has 0 aliphatic rings. The van der Waals surface area contributed by atoms with Crippen LogP contribution in [0.1, 0.15) is 10.4 Å². The van der Waals surface area contributed by atoms with Crippen LogP contribution < -0.4 is 0 Å². The lowest BCUT2D eigenvalue weighted by Crippen LogP contribution is -1.94. The fourth-order valence-corrected chi connectivity index (χ4v) is 2.07. The van der Waals surface area contributed by atoms with Gasteiger partial charge in [0.25, 0.3) is 0 Å². The summed E-state index contributed by atoms with van der Waals surface area (Å²) in [5.74, 6) is -0.930. The van der Waals surface area contributed by atoms with Gasteiger partial charge in [-0.1, -0.05) is 6.07 Å². The lowest BCUT2D eigenvalue weighted by molar-refractivity contribution is 0.0699. The predicted octanol–water partition coefficient (Wildman–Crippen LogP) is 2.04. The number of fused-ring (bicyclic) bond motifs is 1. The zero-order valence-corrected chi connectivity index (χ0v) is 9.74. The molecule has 0 bridgehead atoms. The molecule has 3 aromatic heterocycles. The summed E-state index contributed by atoms with van der Waals surface area (Å²) in [4.78, 5) is 11.2. The first-order chi connectivity index (χ1) is 8.66. The number of carbonyl (C=O) groups is 1. The molecule has 3 rings (SSSR count). The number of carboxylic acid groups (broad SMARTS) is 1. The molecule has 0 amide bonds. The highest BCUT2D eigenvalue weighted by molar-refractivity contribution is 5.98. The predicted molar refractivity (Wildman–Crippen MR) is 66.6 cm³/mol. The van der Waals surface area contributed by atoms with Gasteiger partial charge in [-0.15, -0.1) is 0 Å². The highest BCUT2D eigenvalue weighted by atomic mass is 16.4. The first kappa shape index (κ1) is 10.6. The van der Waals surface area contributed by atoms with Crippen molar-refractivity contribution in [2.75, 3.05) is 0 Å². The minimum atomic E-state index is -0.930. The molecule has 0 spiro atoms. The third kappa shape index (κ3) is 1.48. The van der Waals surface area contributed by atoms with Crippen molar-refractivity contribution in [2.24, 2.45) is 7.05 Å². The zero-order chi connectivity index (χ0) is 12.7. The number of hydrogen-bond donors (Lipinski definition) is 1. The Bertz CT molecular complexity index is 740. The van der Waals surface area contributed by atoms with Gasteiger partial charge in [0.1, 0.15) is 5.69 Å². The Balaban J connectivity index is 2.33. The maximum Gasteiger partial charge on any atom is 0.337 e. The molecule has 5 nitrogen and oxygen atoms in total. The largest absolute Gasteiger partial charge is 0.478 e. The number of rotatable bonds is 2. The van der Waals surface area contributed by atoms with E-state index in [-0.39, 0.29) is 5.56 Å². The van der Waals surface area contributed by atoms with E-state index in [2.05, 4.69) is 5.10 Å². The third-order valence-corrected chi connectivity index (χ3v) is 2.88. The number of aromatic nitrogens is 3. The fraction of sp³-hybridized carbons (Fsp3) is 0.0769. The molecule has 0 aliphatic heterocycles. The monoisotopic (exact) mass is 241 g/mol. The summed E-state index contributed by atoms with van der Waals surface area (Å²) in [7, 11) is 1.83. The molecule has 0 radical (unpaired) electrons. The van der Waals surface area contributed by atoms with Crippen LogP contribution in [0.3, 0.4) is 0 Å². The summed E-state index contributed by atoms with van der Waals surface area (Å²) in [5.41, 5.74) is 2.50. The standard InChI is InChI=1S/C13H11N3O2/c1-15-7-5-10(14-15)12-8-9(13(17)18)11-4-2-3-6-16(11)12/h2-8H,1H3,(H,17,18). The Morgan fingerprint density at radius 2 is 2.11 bits per heavy atom. The van der Waals surface area contributed by atoms with E-state index in [1.807, 2.05) is 42.0 Å². The highest BCUT2D eigenvalue weighted by Crippen LogP contribution is 2.24. The first-order valence-electron chi connectivity index (χ1n) is 5.50. The Kier molecular flexibility index (Phi) is 2.19. The van der Waals surface area contributed by atoms with E-state index in [1.165, 1.54) is 0 Å². The van der Waals surface area contributed by atoms with Gasteiger partial charge < -0.3 is 9.51 Å². The Hall–Kier alpha value is -2.56. The average Bonchev–Trinajstić information content (AvgIpc) is 2.92. The minimum Gasteiger partial charge on any atom is -0.478 e. The Morgan fingerprint density at radius 3 is 2.78 bits per heavy atom. The number of hydrogen-bond acceptors (Lipinski definition) is 2. The Morgan fingerprint density at radius 1 is 1.28 bits per heavy atom. The van der Waals surface area contributed by atoms with Crippen LogP contribution in [0.4, 0.5) is 0 Å². The van der Waals surface area contributed by atoms with Crippen molar-refractivity contribution in [3.8, 4) is 11.4 Å². The second-order valence-electron chi connectivity index (χ2n) is 4.08. The Labute approximate surface area is 103 Å². The minimum absolute atomic E-state index is 0.288. The van der Waals surface area contributed by atoms with Crippen molar-refractivity contribution in [3.05, 3.63) is 48.3 Å². The van der Waals surface area contributed by atoms with Gasteiger partial charge in [-0.3, -0.25) is 4.68 Å². The van der Waals surface area contributed by atoms with Crippen molar-refractivity contribution in [1.82, 2.24) is 14.2 Å². The molecule has 0 unspecified atom stereocenters. The lowest BCUT2D eigenvalue weighted by atomic mass is 10.2. The summed E-state index contributed by atoms with van der Waals surface area (Å²) in [6.07, 6.45) is 3.67. The van der Waals surface area contributed by atoms with E-state index >= 15 is 0 Å². The van der Waals surface area contributed by atoms with E-state index in [0.717, 1.165) is 11.4 Å². The second-order valence-corrected chi connectivity index (χ2v) is 4.08. The smallest absolute Gasteiger partial charge is 0.337 e. The van der Waals surface area contributed by atoms with Crippen LogP contribution in [-0.4, -0.2) is 25.3 Å². The maximum atomic E-state index is 11.2. The van der Waals surface area contributed by atoms with Crippen LogP contribution in [0, 0.1) is 0 Å². The van der Waals surface area contributed by atoms with Gasteiger partial charge >= 0.3 is 5.97 Å². The van der Waals surface area contributed by atoms with Gasteiger partial charge in [-0.05, 0) is 24.3 Å². The van der Waals surface area contributed by atoms with Crippen molar-refractivity contribution in [2.45, 2.75) is 0 Å².